The molecule has 2 atom stereocenters. The fourth-order valence-electron chi connectivity index (χ4n) is 4.04. The molecule has 0 amide bonds. The zero-order valence-electron chi connectivity index (χ0n) is 17.3. The number of hydrogen-bond acceptors (Lipinski definition) is 3. The van der Waals surface area contributed by atoms with Gasteiger partial charge in [0.1, 0.15) is 0 Å². The van der Waals surface area contributed by atoms with E-state index >= 15 is 0 Å². The molecule has 0 aromatic heterocycles. The van der Waals surface area contributed by atoms with Crippen molar-refractivity contribution in [2.45, 2.75) is 44.8 Å². The van der Waals surface area contributed by atoms with Gasteiger partial charge >= 0.3 is 0 Å². The summed E-state index contributed by atoms with van der Waals surface area (Å²) in [6, 6.07) is 18.1. The molecule has 0 bridgehead atoms. The van der Waals surface area contributed by atoms with Crippen LogP contribution < -0.4 is 5.32 Å². The largest absolute Gasteiger partial charge is 0.371 e. The van der Waals surface area contributed by atoms with E-state index in [4.69, 9.17) is 4.74 Å². The molecule has 1 N–H and O–H groups in total. The Bertz CT molecular complexity index is 702. The Morgan fingerprint density at radius 2 is 1.59 bits per heavy atom. The summed E-state index contributed by atoms with van der Waals surface area (Å²) < 4.78 is 5.88. The number of nitrogens with zero attached hydrogens (tertiary/aromatic N) is 1. The molecule has 27 heavy (non-hydrogen) atoms. The van der Waals surface area contributed by atoms with Gasteiger partial charge in [-0.15, -0.1) is 0 Å². The van der Waals surface area contributed by atoms with E-state index in [0.29, 0.717) is 0 Å². The number of hydrogen-bond donors (Lipinski definition) is 1. The lowest BCUT2D eigenvalue weighted by atomic mass is 9.81. The predicted octanol–water partition coefficient (Wildman–Crippen LogP) is 4.15. The van der Waals surface area contributed by atoms with Crippen molar-refractivity contribution in [1.82, 2.24) is 10.2 Å². The van der Waals surface area contributed by atoms with E-state index in [1.54, 1.807) is 0 Å². The lowest BCUT2D eigenvalue weighted by molar-refractivity contribution is 0.0277. The van der Waals surface area contributed by atoms with E-state index in [1.807, 2.05) is 0 Å². The summed E-state index contributed by atoms with van der Waals surface area (Å²) in [5, 5.41) is 3.41. The summed E-state index contributed by atoms with van der Waals surface area (Å²) in [5.41, 5.74) is 5.52. The van der Waals surface area contributed by atoms with Crippen LogP contribution in [-0.4, -0.2) is 44.2 Å². The summed E-state index contributed by atoms with van der Waals surface area (Å²) in [5.74, 6) is 0. The fraction of sp³-hybridized carbons (Fsp3) is 0.500. The number of aryl methyl sites for hydroxylation is 1. The van der Waals surface area contributed by atoms with Crippen LogP contribution in [0.25, 0.3) is 0 Å². The molecule has 3 rings (SSSR count). The van der Waals surface area contributed by atoms with Crippen molar-refractivity contribution in [1.29, 1.82) is 0 Å². The maximum atomic E-state index is 5.88. The molecule has 1 aliphatic rings. The van der Waals surface area contributed by atoms with E-state index in [2.05, 4.69) is 86.7 Å². The molecule has 2 aromatic rings. The SMILES string of the molecule is CCC(Cc1ccc(C)cc1)(Cc1ccc(C2CNCCO2)cc1)N(C)C. The van der Waals surface area contributed by atoms with Crippen molar-refractivity contribution < 1.29 is 4.74 Å². The molecule has 0 aliphatic carbocycles. The normalized spacial score (nSPS) is 19.8. The number of rotatable bonds is 7. The fourth-order valence-corrected chi connectivity index (χ4v) is 4.04. The van der Waals surface area contributed by atoms with Crippen LogP contribution in [0.1, 0.15) is 41.7 Å². The molecular weight excluding hydrogens is 332 g/mol. The van der Waals surface area contributed by atoms with Gasteiger partial charge < -0.3 is 15.0 Å². The van der Waals surface area contributed by atoms with Crippen LogP contribution in [0.2, 0.25) is 0 Å². The molecule has 0 spiro atoms. The summed E-state index contributed by atoms with van der Waals surface area (Å²) in [7, 11) is 4.43. The Kier molecular flexibility index (Phi) is 6.69. The second kappa shape index (κ2) is 9.01. The minimum atomic E-state index is 0.125. The Morgan fingerprint density at radius 3 is 2.07 bits per heavy atom. The Morgan fingerprint density at radius 1 is 1.00 bits per heavy atom. The molecule has 146 valence electrons. The molecule has 0 radical (unpaired) electrons. The maximum Gasteiger partial charge on any atom is 0.0949 e. The molecule has 1 fully saturated rings. The highest BCUT2D eigenvalue weighted by Gasteiger charge is 2.31. The third kappa shape index (κ3) is 4.98. The second-order valence-electron chi connectivity index (χ2n) is 8.12. The first kappa shape index (κ1) is 20.1. The van der Waals surface area contributed by atoms with E-state index in [0.717, 1.165) is 39.0 Å². The van der Waals surface area contributed by atoms with Gasteiger partial charge in [0.05, 0.1) is 12.7 Å². The number of ether oxygens (including phenoxy) is 1. The van der Waals surface area contributed by atoms with Gasteiger partial charge in [-0.2, -0.15) is 0 Å². The van der Waals surface area contributed by atoms with Crippen LogP contribution in [0.5, 0.6) is 0 Å². The molecule has 1 aliphatic heterocycles. The van der Waals surface area contributed by atoms with Gasteiger partial charge in [-0.05, 0) is 57.0 Å². The van der Waals surface area contributed by atoms with E-state index < -0.39 is 0 Å². The van der Waals surface area contributed by atoms with Crippen molar-refractivity contribution in [3.05, 3.63) is 70.8 Å². The quantitative estimate of drug-likeness (QED) is 0.797. The standard InChI is InChI=1S/C24H34N2O/c1-5-24(26(3)4,16-20-8-6-19(2)7-9-20)17-21-10-12-22(13-11-21)23-18-25-14-15-27-23/h6-13,23,25H,5,14-18H2,1-4H3. The van der Waals surface area contributed by atoms with Crippen molar-refractivity contribution >= 4 is 0 Å². The van der Waals surface area contributed by atoms with Gasteiger partial charge in [0.15, 0.2) is 0 Å². The summed E-state index contributed by atoms with van der Waals surface area (Å²) in [4.78, 5) is 2.41. The Labute approximate surface area is 164 Å². The minimum Gasteiger partial charge on any atom is -0.371 e. The van der Waals surface area contributed by atoms with Gasteiger partial charge in [-0.3, -0.25) is 0 Å². The first-order chi connectivity index (χ1) is 13.0. The lowest BCUT2D eigenvalue weighted by Crippen LogP contribution is -2.47. The highest BCUT2D eigenvalue weighted by atomic mass is 16.5. The number of morpholine rings is 1. The van der Waals surface area contributed by atoms with Crippen molar-refractivity contribution in [2.75, 3.05) is 33.8 Å². The number of nitrogens with one attached hydrogen (secondary N) is 1. The number of benzene rings is 2. The first-order valence-corrected chi connectivity index (χ1v) is 10.2. The zero-order valence-corrected chi connectivity index (χ0v) is 17.3. The first-order valence-electron chi connectivity index (χ1n) is 10.2. The summed E-state index contributed by atoms with van der Waals surface area (Å²) >= 11 is 0. The second-order valence-corrected chi connectivity index (χ2v) is 8.12. The minimum absolute atomic E-state index is 0.125. The van der Waals surface area contributed by atoms with Gasteiger partial charge in [-0.1, -0.05) is 61.0 Å². The number of likely N-dealkylation sites (N-methyl/N-ethyl adjacent to an activating group) is 1. The van der Waals surface area contributed by atoms with E-state index in [-0.39, 0.29) is 11.6 Å². The molecule has 1 heterocycles. The molecule has 2 unspecified atom stereocenters. The average Bonchev–Trinajstić information content (AvgIpc) is 2.70. The van der Waals surface area contributed by atoms with Crippen molar-refractivity contribution in [3.63, 3.8) is 0 Å². The van der Waals surface area contributed by atoms with Gasteiger partial charge in [0, 0.05) is 18.6 Å². The Balaban J connectivity index is 1.76. The third-order valence-electron chi connectivity index (χ3n) is 6.07. The van der Waals surface area contributed by atoms with E-state index in [9.17, 15) is 0 Å². The van der Waals surface area contributed by atoms with Crippen LogP contribution in [0, 0.1) is 6.92 Å². The van der Waals surface area contributed by atoms with Crippen LogP contribution in [0.3, 0.4) is 0 Å². The smallest absolute Gasteiger partial charge is 0.0949 e. The molecule has 0 saturated carbocycles. The van der Waals surface area contributed by atoms with Gasteiger partial charge in [-0.25, -0.2) is 0 Å². The van der Waals surface area contributed by atoms with Crippen molar-refractivity contribution in [3.8, 4) is 0 Å². The summed E-state index contributed by atoms with van der Waals surface area (Å²) in [6.07, 6.45) is 3.42. The van der Waals surface area contributed by atoms with Gasteiger partial charge in [0.2, 0.25) is 0 Å². The lowest BCUT2D eigenvalue weighted by Gasteiger charge is -2.40. The average molecular weight is 367 g/mol. The molecule has 1 saturated heterocycles. The van der Waals surface area contributed by atoms with Crippen LogP contribution in [0.4, 0.5) is 0 Å². The van der Waals surface area contributed by atoms with Crippen LogP contribution >= 0.6 is 0 Å². The third-order valence-corrected chi connectivity index (χ3v) is 6.07. The van der Waals surface area contributed by atoms with E-state index in [1.165, 1.54) is 22.3 Å². The maximum absolute atomic E-state index is 5.88. The highest BCUT2D eigenvalue weighted by molar-refractivity contribution is 5.28. The molecule has 2 aromatic carbocycles. The molecule has 3 nitrogen and oxygen atoms in total. The van der Waals surface area contributed by atoms with Crippen LogP contribution in [0.15, 0.2) is 48.5 Å². The summed E-state index contributed by atoms with van der Waals surface area (Å²) in [6.45, 7) is 7.11. The van der Waals surface area contributed by atoms with Crippen LogP contribution in [-0.2, 0) is 17.6 Å². The topological polar surface area (TPSA) is 24.5 Å². The highest BCUT2D eigenvalue weighted by Crippen LogP contribution is 2.29. The monoisotopic (exact) mass is 366 g/mol. The van der Waals surface area contributed by atoms with Crippen molar-refractivity contribution in [2.24, 2.45) is 0 Å². The molecule has 3 heteroatoms. The predicted molar refractivity (Wildman–Crippen MR) is 113 cm³/mol. The zero-order chi connectivity index (χ0) is 19.3. The van der Waals surface area contributed by atoms with Gasteiger partial charge in [0.25, 0.3) is 0 Å². The Hall–Kier alpha value is -1.68. The molecular formula is C24H34N2O.